The lowest BCUT2D eigenvalue weighted by atomic mass is 10.3. The van der Waals surface area contributed by atoms with Crippen molar-refractivity contribution in [3.63, 3.8) is 0 Å². The summed E-state index contributed by atoms with van der Waals surface area (Å²) >= 11 is 0. The summed E-state index contributed by atoms with van der Waals surface area (Å²) in [5.74, 6) is 0. The molecule has 3 heteroatoms. The van der Waals surface area contributed by atoms with Crippen LogP contribution < -0.4 is 5.32 Å². The number of hydrogen-bond acceptors (Lipinski definition) is 2. The molecule has 1 unspecified atom stereocenters. The van der Waals surface area contributed by atoms with Crippen molar-refractivity contribution in [3.05, 3.63) is 18.0 Å². The summed E-state index contributed by atoms with van der Waals surface area (Å²) in [6.45, 7) is 5.26. The van der Waals surface area contributed by atoms with Crippen molar-refractivity contribution in [2.24, 2.45) is 0 Å². The van der Waals surface area contributed by atoms with Crippen LogP contribution in [0.3, 0.4) is 0 Å². The van der Waals surface area contributed by atoms with Crippen molar-refractivity contribution in [1.82, 2.24) is 15.1 Å². The summed E-state index contributed by atoms with van der Waals surface area (Å²) in [5.41, 5.74) is 1.10. The highest BCUT2D eigenvalue weighted by Crippen LogP contribution is 2.19. The second-order valence-electron chi connectivity index (χ2n) is 3.97. The lowest BCUT2D eigenvalue weighted by Crippen LogP contribution is -2.25. The largest absolute Gasteiger partial charge is 0.312 e. The zero-order valence-corrected chi connectivity index (χ0v) is 8.33. The first-order valence-corrected chi connectivity index (χ1v) is 5.01. The molecule has 1 aromatic heterocycles. The van der Waals surface area contributed by atoms with Crippen molar-refractivity contribution in [2.45, 2.75) is 38.8 Å². The van der Waals surface area contributed by atoms with Gasteiger partial charge < -0.3 is 5.32 Å². The molecule has 0 aromatic carbocycles. The molecule has 1 aromatic rings. The number of aryl methyl sites for hydroxylation is 1. The van der Waals surface area contributed by atoms with E-state index >= 15 is 0 Å². The molecule has 3 nitrogen and oxygen atoms in total. The van der Waals surface area contributed by atoms with Crippen LogP contribution in [0.4, 0.5) is 0 Å². The predicted octanol–water partition coefficient (Wildman–Crippen LogP) is 1.50. The van der Waals surface area contributed by atoms with Crippen molar-refractivity contribution in [2.75, 3.05) is 6.54 Å². The van der Waals surface area contributed by atoms with Gasteiger partial charge in [0.1, 0.15) is 0 Å². The van der Waals surface area contributed by atoms with Crippen LogP contribution in [0.25, 0.3) is 0 Å². The highest BCUT2D eigenvalue weighted by atomic mass is 15.3. The van der Waals surface area contributed by atoms with Crippen molar-refractivity contribution >= 4 is 0 Å². The first-order chi connectivity index (χ1) is 6.25. The Morgan fingerprint density at radius 3 is 3.00 bits per heavy atom. The molecule has 1 fully saturated rings. The minimum Gasteiger partial charge on any atom is -0.312 e. The molecule has 0 saturated heterocycles. The zero-order chi connectivity index (χ0) is 9.26. The third-order valence-electron chi connectivity index (χ3n) is 2.47. The molecule has 1 saturated carbocycles. The van der Waals surface area contributed by atoms with E-state index in [9.17, 15) is 0 Å². The molecule has 13 heavy (non-hydrogen) atoms. The fourth-order valence-corrected chi connectivity index (χ4v) is 1.40. The van der Waals surface area contributed by atoms with Crippen molar-refractivity contribution < 1.29 is 0 Å². The Bertz CT molecular complexity index is 275. The normalized spacial score (nSPS) is 18.9. The van der Waals surface area contributed by atoms with E-state index in [2.05, 4.69) is 23.5 Å². The Hall–Kier alpha value is -0.830. The second kappa shape index (κ2) is 3.50. The molecule has 0 aliphatic heterocycles. The minimum atomic E-state index is 0.467. The highest BCUT2D eigenvalue weighted by Gasteiger charge is 2.21. The molecular formula is C10H17N3. The van der Waals surface area contributed by atoms with E-state index in [4.69, 9.17) is 0 Å². The number of nitrogens with one attached hydrogen (secondary N) is 1. The van der Waals surface area contributed by atoms with Gasteiger partial charge in [0.15, 0.2) is 0 Å². The summed E-state index contributed by atoms with van der Waals surface area (Å²) < 4.78 is 2.03. The van der Waals surface area contributed by atoms with Gasteiger partial charge in [-0.25, -0.2) is 0 Å². The van der Waals surface area contributed by atoms with Gasteiger partial charge >= 0.3 is 0 Å². The van der Waals surface area contributed by atoms with Crippen LogP contribution in [0.2, 0.25) is 0 Å². The first-order valence-electron chi connectivity index (χ1n) is 5.01. The fourth-order valence-electron chi connectivity index (χ4n) is 1.40. The Morgan fingerprint density at radius 1 is 1.69 bits per heavy atom. The summed E-state index contributed by atoms with van der Waals surface area (Å²) in [7, 11) is 0. The van der Waals surface area contributed by atoms with Gasteiger partial charge in [-0.15, -0.1) is 0 Å². The van der Waals surface area contributed by atoms with Gasteiger partial charge in [0.25, 0.3) is 0 Å². The quantitative estimate of drug-likeness (QED) is 0.759. The third kappa shape index (κ3) is 2.31. The molecule has 2 rings (SSSR count). The van der Waals surface area contributed by atoms with Gasteiger partial charge in [-0.3, -0.25) is 4.68 Å². The van der Waals surface area contributed by atoms with Crippen LogP contribution in [0.15, 0.2) is 12.3 Å². The number of nitrogens with zero attached hydrogens (tertiary/aromatic N) is 2. The molecule has 72 valence electrons. The predicted molar refractivity (Wildman–Crippen MR) is 52.7 cm³/mol. The van der Waals surface area contributed by atoms with Crippen LogP contribution >= 0.6 is 0 Å². The maximum atomic E-state index is 4.39. The highest BCUT2D eigenvalue weighted by molar-refractivity contribution is 4.96. The van der Waals surface area contributed by atoms with Crippen LogP contribution in [0.1, 0.15) is 31.5 Å². The summed E-state index contributed by atoms with van der Waals surface area (Å²) in [5, 5.41) is 7.89. The topological polar surface area (TPSA) is 29.9 Å². The molecule has 0 radical (unpaired) electrons. The van der Waals surface area contributed by atoms with Gasteiger partial charge in [-0.1, -0.05) is 0 Å². The average molecular weight is 179 g/mol. The third-order valence-corrected chi connectivity index (χ3v) is 2.47. The smallest absolute Gasteiger partial charge is 0.0615 e. The maximum Gasteiger partial charge on any atom is 0.0615 e. The van der Waals surface area contributed by atoms with E-state index in [1.807, 2.05) is 17.7 Å². The van der Waals surface area contributed by atoms with Crippen molar-refractivity contribution in [3.8, 4) is 0 Å². The Kier molecular flexibility index (Phi) is 2.36. The Labute approximate surface area is 79.1 Å². The molecule has 1 atom stereocenters. The zero-order valence-electron chi connectivity index (χ0n) is 8.33. The Morgan fingerprint density at radius 2 is 2.46 bits per heavy atom. The number of aromatic nitrogens is 2. The average Bonchev–Trinajstić information content (AvgIpc) is 2.84. The standard InChI is InChI=1S/C10H17N3/c1-8-5-6-13(12-8)9(2)7-11-10-3-4-10/h5-6,9-11H,3-4,7H2,1-2H3. The molecule has 1 aliphatic carbocycles. The van der Waals surface area contributed by atoms with Crippen LogP contribution in [0, 0.1) is 6.92 Å². The first kappa shape index (κ1) is 8.75. The molecule has 0 amide bonds. The van der Waals surface area contributed by atoms with E-state index in [0.717, 1.165) is 18.3 Å². The minimum absolute atomic E-state index is 0.467. The van der Waals surface area contributed by atoms with E-state index in [1.165, 1.54) is 12.8 Å². The van der Waals surface area contributed by atoms with Crippen molar-refractivity contribution in [1.29, 1.82) is 0 Å². The second-order valence-corrected chi connectivity index (χ2v) is 3.97. The van der Waals surface area contributed by atoms with Gasteiger partial charge in [-0.2, -0.15) is 5.10 Å². The van der Waals surface area contributed by atoms with E-state index in [1.54, 1.807) is 0 Å². The Balaban J connectivity index is 1.84. The van der Waals surface area contributed by atoms with Crippen LogP contribution in [-0.4, -0.2) is 22.4 Å². The van der Waals surface area contributed by atoms with E-state index in [0.29, 0.717) is 6.04 Å². The van der Waals surface area contributed by atoms with Crippen LogP contribution in [-0.2, 0) is 0 Å². The molecule has 0 spiro atoms. The fraction of sp³-hybridized carbons (Fsp3) is 0.700. The number of hydrogen-bond donors (Lipinski definition) is 1. The molecule has 0 bridgehead atoms. The van der Waals surface area contributed by atoms with Gasteiger partial charge in [0.05, 0.1) is 11.7 Å². The maximum absolute atomic E-state index is 4.39. The molecule has 1 heterocycles. The summed E-state index contributed by atoms with van der Waals surface area (Å²) in [6.07, 6.45) is 4.75. The number of rotatable bonds is 4. The molecule has 1 N–H and O–H groups in total. The van der Waals surface area contributed by atoms with E-state index < -0.39 is 0 Å². The lowest BCUT2D eigenvalue weighted by Gasteiger charge is -2.12. The monoisotopic (exact) mass is 179 g/mol. The molecule has 1 aliphatic rings. The summed E-state index contributed by atoms with van der Waals surface area (Å²) in [4.78, 5) is 0. The van der Waals surface area contributed by atoms with Gasteiger partial charge in [0, 0.05) is 18.8 Å². The van der Waals surface area contributed by atoms with Gasteiger partial charge in [0.2, 0.25) is 0 Å². The lowest BCUT2D eigenvalue weighted by molar-refractivity contribution is 0.451. The summed E-state index contributed by atoms with van der Waals surface area (Å²) in [6, 6.07) is 3.31. The van der Waals surface area contributed by atoms with Crippen LogP contribution in [0.5, 0.6) is 0 Å². The molecular weight excluding hydrogens is 162 g/mol. The SMILES string of the molecule is Cc1ccn(C(C)CNC2CC2)n1. The van der Waals surface area contributed by atoms with E-state index in [-0.39, 0.29) is 0 Å². The van der Waals surface area contributed by atoms with Gasteiger partial charge in [-0.05, 0) is 32.8 Å².